The van der Waals surface area contributed by atoms with Crippen LogP contribution in [0.25, 0.3) is 0 Å². The first-order chi connectivity index (χ1) is 13.3. The molecule has 2 aliphatic heterocycles. The van der Waals surface area contributed by atoms with E-state index in [1.54, 1.807) is 4.90 Å². The summed E-state index contributed by atoms with van der Waals surface area (Å²) in [5.41, 5.74) is -0.442. The van der Waals surface area contributed by atoms with Crippen molar-refractivity contribution in [2.45, 2.75) is 39.7 Å². The Balaban J connectivity index is 1.73. The third kappa shape index (κ3) is 7.83. The number of aliphatic imine (C=N–C) groups is 1. The number of guanidine groups is 1. The molecule has 1 N–H and O–H groups in total. The SMILES string of the molecule is CCNC(=NCCN1CCN(C(=O)OC(C)(C)C)CC1)N(C)CC1CCOC1. The normalized spacial score (nSPS) is 21.7. The Bertz CT molecular complexity index is 506. The molecule has 2 rings (SSSR count). The molecule has 0 aromatic carbocycles. The maximum Gasteiger partial charge on any atom is 0.410 e. The molecule has 2 heterocycles. The number of hydrogen-bond acceptors (Lipinski definition) is 5. The molecule has 1 atom stereocenters. The largest absolute Gasteiger partial charge is 0.444 e. The summed E-state index contributed by atoms with van der Waals surface area (Å²) in [7, 11) is 2.10. The number of hydrogen-bond donors (Lipinski definition) is 1. The van der Waals surface area contributed by atoms with Crippen LogP contribution >= 0.6 is 0 Å². The molecule has 28 heavy (non-hydrogen) atoms. The van der Waals surface area contributed by atoms with Gasteiger partial charge in [-0.15, -0.1) is 0 Å². The van der Waals surface area contributed by atoms with E-state index >= 15 is 0 Å². The fraction of sp³-hybridized carbons (Fsp3) is 0.900. The first kappa shape index (κ1) is 22.7. The molecule has 0 saturated carbocycles. The third-order valence-electron chi connectivity index (χ3n) is 4.95. The predicted octanol–water partition coefficient (Wildman–Crippen LogP) is 1.47. The van der Waals surface area contributed by atoms with Crippen LogP contribution in [0, 0.1) is 5.92 Å². The highest BCUT2D eigenvalue weighted by molar-refractivity contribution is 5.79. The van der Waals surface area contributed by atoms with Gasteiger partial charge >= 0.3 is 6.09 Å². The first-order valence-electron chi connectivity index (χ1n) is 10.6. The summed E-state index contributed by atoms with van der Waals surface area (Å²) >= 11 is 0. The molecule has 1 unspecified atom stereocenters. The van der Waals surface area contributed by atoms with E-state index in [1.807, 2.05) is 20.8 Å². The van der Waals surface area contributed by atoms with Gasteiger partial charge in [0.05, 0.1) is 13.2 Å². The number of carbonyl (C=O) groups excluding carboxylic acids is 1. The Kier molecular flexibility index (Phi) is 8.82. The van der Waals surface area contributed by atoms with E-state index in [9.17, 15) is 4.79 Å². The van der Waals surface area contributed by atoms with Gasteiger partial charge in [0.25, 0.3) is 0 Å². The summed E-state index contributed by atoms with van der Waals surface area (Å²) in [6, 6.07) is 0. The molecule has 162 valence electrons. The number of carbonyl (C=O) groups is 1. The molecule has 8 heteroatoms. The van der Waals surface area contributed by atoms with Crippen molar-refractivity contribution in [3.05, 3.63) is 0 Å². The lowest BCUT2D eigenvalue weighted by Gasteiger charge is -2.35. The van der Waals surface area contributed by atoms with Gasteiger partial charge in [0.2, 0.25) is 0 Å². The second-order valence-electron chi connectivity index (χ2n) is 8.65. The van der Waals surface area contributed by atoms with Crippen LogP contribution in [0.2, 0.25) is 0 Å². The van der Waals surface area contributed by atoms with E-state index in [2.05, 4.69) is 29.1 Å². The lowest BCUT2D eigenvalue weighted by molar-refractivity contribution is 0.0148. The zero-order valence-corrected chi connectivity index (χ0v) is 18.4. The van der Waals surface area contributed by atoms with Crippen molar-refractivity contribution in [2.75, 3.05) is 72.6 Å². The van der Waals surface area contributed by atoms with Crippen molar-refractivity contribution in [2.24, 2.45) is 10.9 Å². The smallest absolute Gasteiger partial charge is 0.410 e. The van der Waals surface area contributed by atoms with Crippen LogP contribution in [-0.4, -0.2) is 105 Å². The van der Waals surface area contributed by atoms with Gasteiger partial charge in [-0.2, -0.15) is 0 Å². The average molecular weight is 398 g/mol. The lowest BCUT2D eigenvalue weighted by atomic mass is 10.1. The highest BCUT2D eigenvalue weighted by Crippen LogP contribution is 2.13. The summed E-state index contributed by atoms with van der Waals surface area (Å²) in [5.74, 6) is 1.55. The molecule has 0 aromatic rings. The van der Waals surface area contributed by atoms with E-state index in [0.717, 1.165) is 64.9 Å². The fourth-order valence-corrected chi connectivity index (χ4v) is 3.45. The minimum absolute atomic E-state index is 0.211. The zero-order chi connectivity index (χ0) is 20.6. The van der Waals surface area contributed by atoms with Gasteiger partial charge in [0, 0.05) is 65.4 Å². The van der Waals surface area contributed by atoms with Crippen LogP contribution < -0.4 is 5.32 Å². The zero-order valence-electron chi connectivity index (χ0n) is 18.4. The number of nitrogens with one attached hydrogen (secondary N) is 1. The van der Waals surface area contributed by atoms with E-state index in [4.69, 9.17) is 14.5 Å². The Morgan fingerprint density at radius 3 is 2.57 bits per heavy atom. The number of ether oxygens (including phenoxy) is 2. The number of piperazine rings is 1. The second kappa shape index (κ2) is 10.9. The lowest BCUT2D eigenvalue weighted by Crippen LogP contribution is -2.50. The maximum atomic E-state index is 12.2. The quantitative estimate of drug-likeness (QED) is 0.541. The highest BCUT2D eigenvalue weighted by atomic mass is 16.6. The van der Waals surface area contributed by atoms with Gasteiger partial charge in [-0.25, -0.2) is 4.79 Å². The van der Waals surface area contributed by atoms with Gasteiger partial charge in [-0.3, -0.25) is 9.89 Å². The maximum absolute atomic E-state index is 12.2. The Labute approximate surface area is 170 Å². The van der Waals surface area contributed by atoms with Gasteiger partial charge in [-0.1, -0.05) is 0 Å². The Morgan fingerprint density at radius 2 is 2.00 bits per heavy atom. The van der Waals surface area contributed by atoms with Crippen LogP contribution in [0.4, 0.5) is 4.79 Å². The molecule has 2 fully saturated rings. The molecule has 2 aliphatic rings. The molecular weight excluding hydrogens is 358 g/mol. The first-order valence-corrected chi connectivity index (χ1v) is 10.6. The van der Waals surface area contributed by atoms with Gasteiger partial charge < -0.3 is 24.6 Å². The highest BCUT2D eigenvalue weighted by Gasteiger charge is 2.25. The van der Waals surface area contributed by atoms with Crippen LogP contribution in [0.15, 0.2) is 4.99 Å². The number of amides is 1. The van der Waals surface area contributed by atoms with Crippen molar-refractivity contribution in [3.8, 4) is 0 Å². The minimum Gasteiger partial charge on any atom is -0.444 e. The van der Waals surface area contributed by atoms with Crippen molar-refractivity contribution >= 4 is 12.1 Å². The molecular formula is C20H39N5O3. The molecule has 2 saturated heterocycles. The topological polar surface area (TPSA) is 69.6 Å². The summed E-state index contributed by atoms with van der Waals surface area (Å²) in [6.07, 6.45) is 0.920. The monoisotopic (exact) mass is 397 g/mol. The van der Waals surface area contributed by atoms with Crippen molar-refractivity contribution in [1.82, 2.24) is 20.0 Å². The fourth-order valence-electron chi connectivity index (χ4n) is 3.45. The van der Waals surface area contributed by atoms with Gasteiger partial charge in [0.1, 0.15) is 5.60 Å². The summed E-state index contributed by atoms with van der Waals surface area (Å²) in [6.45, 7) is 16.2. The van der Waals surface area contributed by atoms with Crippen molar-refractivity contribution in [3.63, 3.8) is 0 Å². The van der Waals surface area contributed by atoms with E-state index in [-0.39, 0.29) is 6.09 Å². The minimum atomic E-state index is -0.442. The van der Waals surface area contributed by atoms with Crippen molar-refractivity contribution < 1.29 is 14.3 Å². The Morgan fingerprint density at radius 1 is 1.29 bits per heavy atom. The molecule has 0 aliphatic carbocycles. The predicted molar refractivity (Wildman–Crippen MR) is 112 cm³/mol. The molecule has 0 spiro atoms. The summed E-state index contributed by atoms with van der Waals surface area (Å²) in [4.78, 5) is 23.3. The number of nitrogens with zero attached hydrogens (tertiary/aromatic N) is 4. The molecule has 1 amide bonds. The van der Waals surface area contributed by atoms with Gasteiger partial charge in [0.15, 0.2) is 5.96 Å². The summed E-state index contributed by atoms with van der Waals surface area (Å²) < 4.78 is 10.9. The standard InChI is InChI=1S/C20H39N5O3/c1-6-21-18(23(5)15-17-7-14-27-16-17)22-8-9-24-10-12-25(13-11-24)19(26)28-20(2,3)4/h17H,6-16H2,1-5H3,(H,21,22). The van der Waals surface area contributed by atoms with Crippen LogP contribution in [0.3, 0.4) is 0 Å². The second-order valence-corrected chi connectivity index (χ2v) is 8.65. The van der Waals surface area contributed by atoms with Crippen LogP contribution in [0.5, 0.6) is 0 Å². The number of rotatable bonds is 6. The Hall–Kier alpha value is -1.54. The van der Waals surface area contributed by atoms with Crippen molar-refractivity contribution in [1.29, 1.82) is 0 Å². The average Bonchev–Trinajstić information content (AvgIpc) is 3.13. The van der Waals surface area contributed by atoms with E-state index in [0.29, 0.717) is 19.0 Å². The van der Waals surface area contributed by atoms with Gasteiger partial charge in [-0.05, 0) is 34.1 Å². The molecule has 8 nitrogen and oxygen atoms in total. The molecule has 0 bridgehead atoms. The molecule has 0 radical (unpaired) electrons. The summed E-state index contributed by atoms with van der Waals surface area (Å²) in [5, 5.41) is 3.38. The van der Waals surface area contributed by atoms with E-state index < -0.39 is 5.60 Å². The third-order valence-corrected chi connectivity index (χ3v) is 4.95. The molecule has 0 aromatic heterocycles. The van der Waals surface area contributed by atoms with Crippen LogP contribution in [0.1, 0.15) is 34.1 Å². The van der Waals surface area contributed by atoms with E-state index in [1.165, 1.54) is 0 Å². The van der Waals surface area contributed by atoms with Crippen LogP contribution in [-0.2, 0) is 9.47 Å².